The number of aromatic nitrogens is 3. The molecule has 0 fully saturated rings. The number of hydrogen-bond acceptors (Lipinski definition) is 4. The lowest BCUT2D eigenvalue weighted by Gasteiger charge is -2.25. The number of carbonyl (C=O) groups excluding carboxylic acids is 2. The molecule has 0 saturated carbocycles. The van der Waals surface area contributed by atoms with Crippen molar-refractivity contribution < 1.29 is 14.7 Å². The lowest BCUT2D eigenvalue weighted by Crippen LogP contribution is -2.34. The zero-order valence-corrected chi connectivity index (χ0v) is 13.9. The number of hydrogen-bond donors (Lipinski definition) is 3. The third kappa shape index (κ3) is 2.34. The molecule has 4 N–H and O–H groups in total. The van der Waals surface area contributed by atoms with Crippen LogP contribution < -0.4 is 5.73 Å². The molecule has 0 unspecified atom stereocenters. The number of imidazole rings is 1. The molecule has 2 aromatic heterocycles. The standard InChI is InChI=1S/C18H17N5O3/c1-2-14(25)22-8-7-13-12(9-22)18-20-15(10-3-5-11(24)6-4-10)16(17(19)26)23(18)21-13/h2-6,21,24H,1,7-9H2,(H2,19,26). The molecule has 3 heterocycles. The van der Waals surface area contributed by atoms with Gasteiger partial charge in [0.25, 0.3) is 5.91 Å². The van der Waals surface area contributed by atoms with Crippen LogP contribution in [0.4, 0.5) is 0 Å². The first-order valence-corrected chi connectivity index (χ1v) is 8.12. The molecular weight excluding hydrogens is 334 g/mol. The number of carbonyl (C=O) groups is 2. The maximum Gasteiger partial charge on any atom is 0.269 e. The highest BCUT2D eigenvalue weighted by Crippen LogP contribution is 2.30. The molecule has 0 spiro atoms. The Bertz CT molecular complexity index is 1050. The predicted molar refractivity (Wildman–Crippen MR) is 94.5 cm³/mol. The van der Waals surface area contributed by atoms with Gasteiger partial charge < -0.3 is 15.7 Å². The molecule has 132 valence electrons. The van der Waals surface area contributed by atoms with E-state index < -0.39 is 5.91 Å². The van der Waals surface area contributed by atoms with E-state index in [1.54, 1.807) is 21.5 Å². The van der Waals surface area contributed by atoms with Gasteiger partial charge in [-0.15, -0.1) is 0 Å². The third-order valence-corrected chi connectivity index (χ3v) is 4.60. The summed E-state index contributed by atoms with van der Waals surface area (Å²) in [6, 6.07) is 6.38. The van der Waals surface area contributed by atoms with E-state index in [4.69, 9.17) is 5.73 Å². The lowest BCUT2D eigenvalue weighted by molar-refractivity contribution is -0.126. The fourth-order valence-corrected chi connectivity index (χ4v) is 3.32. The van der Waals surface area contributed by atoms with Crippen LogP contribution in [0.25, 0.3) is 16.9 Å². The normalized spacial score (nSPS) is 13.6. The van der Waals surface area contributed by atoms with E-state index in [1.165, 1.54) is 18.2 Å². The second kappa shape index (κ2) is 5.76. The molecule has 2 amide bonds. The molecule has 0 radical (unpaired) electrons. The highest BCUT2D eigenvalue weighted by atomic mass is 16.3. The van der Waals surface area contributed by atoms with Gasteiger partial charge in [0.2, 0.25) is 5.91 Å². The summed E-state index contributed by atoms with van der Waals surface area (Å²) in [7, 11) is 0. The second-order valence-electron chi connectivity index (χ2n) is 6.16. The van der Waals surface area contributed by atoms with Crippen molar-refractivity contribution in [3.05, 3.63) is 53.9 Å². The van der Waals surface area contributed by atoms with E-state index in [0.717, 1.165) is 11.3 Å². The Hall–Kier alpha value is -3.55. The second-order valence-corrected chi connectivity index (χ2v) is 6.16. The van der Waals surface area contributed by atoms with Crippen LogP contribution in [0.1, 0.15) is 21.7 Å². The maximum absolute atomic E-state index is 12.1. The number of nitrogens with zero attached hydrogens (tertiary/aromatic N) is 3. The van der Waals surface area contributed by atoms with Crippen molar-refractivity contribution in [3.63, 3.8) is 0 Å². The first-order valence-electron chi connectivity index (χ1n) is 8.12. The number of H-pyrrole nitrogens is 1. The van der Waals surface area contributed by atoms with Crippen molar-refractivity contribution in [3.8, 4) is 17.0 Å². The Morgan fingerprint density at radius 2 is 2.04 bits per heavy atom. The van der Waals surface area contributed by atoms with Crippen LogP contribution in [0.2, 0.25) is 0 Å². The van der Waals surface area contributed by atoms with Crippen molar-refractivity contribution in [2.24, 2.45) is 5.73 Å². The van der Waals surface area contributed by atoms with Crippen molar-refractivity contribution in [2.45, 2.75) is 13.0 Å². The number of phenols is 1. The molecular formula is C18H17N5O3. The van der Waals surface area contributed by atoms with Gasteiger partial charge in [-0.1, -0.05) is 6.58 Å². The minimum absolute atomic E-state index is 0.120. The van der Waals surface area contributed by atoms with E-state index in [0.29, 0.717) is 36.4 Å². The summed E-state index contributed by atoms with van der Waals surface area (Å²) < 4.78 is 1.58. The summed E-state index contributed by atoms with van der Waals surface area (Å²) >= 11 is 0. The van der Waals surface area contributed by atoms with Crippen LogP contribution in [-0.4, -0.2) is 43.0 Å². The van der Waals surface area contributed by atoms with Gasteiger partial charge in [0, 0.05) is 29.8 Å². The lowest BCUT2D eigenvalue weighted by atomic mass is 10.1. The van der Waals surface area contributed by atoms with Gasteiger partial charge >= 0.3 is 0 Å². The molecule has 4 rings (SSSR count). The van der Waals surface area contributed by atoms with E-state index >= 15 is 0 Å². The van der Waals surface area contributed by atoms with E-state index in [9.17, 15) is 14.7 Å². The highest BCUT2D eigenvalue weighted by molar-refractivity contribution is 5.98. The third-order valence-electron chi connectivity index (χ3n) is 4.60. The van der Waals surface area contributed by atoms with Gasteiger partial charge in [0.15, 0.2) is 11.3 Å². The Labute approximate surface area is 148 Å². The van der Waals surface area contributed by atoms with Crippen LogP contribution in [0.15, 0.2) is 36.9 Å². The van der Waals surface area contributed by atoms with Crippen molar-refractivity contribution >= 4 is 17.5 Å². The number of nitrogens with two attached hydrogens (primary N) is 1. The van der Waals surface area contributed by atoms with Gasteiger partial charge in [-0.05, 0) is 30.3 Å². The van der Waals surface area contributed by atoms with Gasteiger partial charge in [0.1, 0.15) is 11.4 Å². The van der Waals surface area contributed by atoms with Crippen LogP contribution in [0.5, 0.6) is 5.75 Å². The molecule has 8 heteroatoms. The van der Waals surface area contributed by atoms with Crippen LogP contribution in [0.3, 0.4) is 0 Å². The first-order chi connectivity index (χ1) is 12.5. The number of aromatic hydroxyl groups is 1. The minimum atomic E-state index is -0.613. The number of primary amides is 1. The van der Waals surface area contributed by atoms with Gasteiger partial charge in [-0.25, -0.2) is 9.50 Å². The summed E-state index contributed by atoms with van der Waals surface area (Å²) in [6.45, 7) is 4.48. The molecule has 0 saturated heterocycles. The number of phenolic OH excluding ortho intramolecular Hbond substituents is 1. The van der Waals surface area contributed by atoms with E-state index in [2.05, 4.69) is 16.7 Å². The first kappa shape index (κ1) is 15.9. The molecule has 3 aromatic rings. The number of benzene rings is 1. The number of nitrogens with one attached hydrogen (secondary N) is 1. The zero-order chi connectivity index (χ0) is 18.4. The number of amides is 2. The molecule has 0 aliphatic carbocycles. The topological polar surface area (TPSA) is 117 Å². The summed E-state index contributed by atoms with van der Waals surface area (Å²) in [6.07, 6.45) is 1.92. The van der Waals surface area contributed by atoms with Crippen LogP contribution in [0, 0.1) is 0 Å². The van der Waals surface area contributed by atoms with Crippen molar-refractivity contribution in [1.29, 1.82) is 0 Å². The average Bonchev–Trinajstić information content (AvgIpc) is 3.17. The maximum atomic E-state index is 12.1. The molecule has 1 aromatic carbocycles. The largest absolute Gasteiger partial charge is 0.508 e. The van der Waals surface area contributed by atoms with Gasteiger partial charge in [-0.2, -0.15) is 0 Å². The summed E-state index contributed by atoms with van der Waals surface area (Å²) in [5, 5.41) is 12.7. The zero-order valence-electron chi connectivity index (χ0n) is 13.9. The monoisotopic (exact) mass is 351 g/mol. The fourth-order valence-electron chi connectivity index (χ4n) is 3.32. The summed E-state index contributed by atoms with van der Waals surface area (Å²) in [5.41, 5.74) is 9.29. The fraction of sp³-hybridized carbons (Fsp3) is 0.167. The molecule has 0 atom stereocenters. The number of aromatic amines is 1. The van der Waals surface area contributed by atoms with E-state index in [-0.39, 0.29) is 17.4 Å². The average molecular weight is 351 g/mol. The Morgan fingerprint density at radius 1 is 1.31 bits per heavy atom. The van der Waals surface area contributed by atoms with E-state index in [1.807, 2.05) is 0 Å². The molecule has 1 aliphatic rings. The van der Waals surface area contributed by atoms with Crippen molar-refractivity contribution in [2.75, 3.05) is 6.54 Å². The smallest absolute Gasteiger partial charge is 0.269 e. The Balaban J connectivity index is 1.88. The predicted octanol–water partition coefficient (Wildman–Crippen LogP) is 1.20. The Kier molecular flexibility index (Phi) is 3.54. The summed E-state index contributed by atoms with van der Waals surface area (Å²) in [4.78, 5) is 30.3. The van der Waals surface area contributed by atoms with Crippen molar-refractivity contribution in [1.82, 2.24) is 19.5 Å². The SMILES string of the molecule is C=CC(=O)N1CCc2[nH]n3c(C(N)=O)c(-c4ccc(O)cc4)nc3c2C1. The molecule has 8 nitrogen and oxygen atoms in total. The number of rotatable bonds is 3. The highest BCUT2D eigenvalue weighted by Gasteiger charge is 2.28. The van der Waals surface area contributed by atoms with Gasteiger partial charge in [-0.3, -0.25) is 14.7 Å². The number of fused-ring (bicyclic) bond motifs is 3. The molecule has 0 bridgehead atoms. The van der Waals surface area contributed by atoms with Gasteiger partial charge in [0.05, 0.1) is 6.54 Å². The molecule has 26 heavy (non-hydrogen) atoms. The summed E-state index contributed by atoms with van der Waals surface area (Å²) in [5.74, 6) is -0.635. The van der Waals surface area contributed by atoms with Crippen LogP contribution >= 0.6 is 0 Å². The Morgan fingerprint density at radius 3 is 2.69 bits per heavy atom. The van der Waals surface area contributed by atoms with Crippen LogP contribution in [-0.2, 0) is 17.8 Å². The quantitative estimate of drug-likeness (QED) is 0.615. The minimum Gasteiger partial charge on any atom is -0.508 e. The molecule has 1 aliphatic heterocycles.